The number of rotatable bonds is 1. The van der Waals surface area contributed by atoms with Gasteiger partial charge in [0.05, 0.1) is 0 Å². The van der Waals surface area contributed by atoms with Crippen LogP contribution in [0.1, 0.15) is 24.8 Å². The van der Waals surface area contributed by atoms with Crippen LogP contribution in [0, 0.1) is 0 Å². The first-order chi connectivity index (χ1) is 8.84. The van der Waals surface area contributed by atoms with E-state index in [9.17, 15) is 0 Å². The average molecular weight is 243 g/mol. The molecule has 2 N–H and O–H groups in total. The van der Waals surface area contributed by atoms with E-state index in [1.165, 1.54) is 12.0 Å². The second kappa shape index (κ2) is 3.68. The van der Waals surface area contributed by atoms with Crippen molar-refractivity contribution in [2.24, 2.45) is 0 Å². The molecule has 3 heterocycles. The maximum absolute atomic E-state index is 4.56. The second-order valence-corrected chi connectivity index (χ2v) is 5.31. The number of anilines is 2. The van der Waals surface area contributed by atoms with Gasteiger partial charge in [0.1, 0.15) is 18.0 Å². The minimum absolute atomic E-state index is 0.379. The summed E-state index contributed by atoms with van der Waals surface area (Å²) in [7, 11) is 0. The molecule has 4 rings (SSSR count). The molecule has 0 radical (unpaired) electrons. The van der Waals surface area contributed by atoms with Gasteiger partial charge in [0.2, 0.25) is 0 Å². The summed E-state index contributed by atoms with van der Waals surface area (Å²) in [6.07, 6.45) is 7.06. The normalized spacial score (nSPS) is 32.5. The largest absolute Gasteiger partial charge is 0.350 e. The van der Waals surface area contributed by atoms with Gasteiger partial charge in [0.15, 0.2) is 0 Å². The molecule has 1 aromatic heterocycles. The van der Waals surface area contributed by atoms with E-state index in [0.717, 1.165) is 24.7 Å². The minimum Gasteiger partial charge on any atom is -0.350 e. The summed E-state index contributed by atoms with van der Waals surface area (Å²) in [6.45, 7) is 4.30. The van der Waals surface area contributed by atoms with E-state index in [1.807, 2.05) is 6.20 Å². The Morgan fingerprint density at radius 2 is 2.33 bits per heavy atom. The Morgan fingerprint density at radius 1 is 1.39 bits per heavy atom. The van der Waals surface area contributed by atoms with Crippen molar-refractivity contribution in [3.63, 3.8) is 0 Å². The van der Waals surface area contributed by atoms with Crippen molar-refractivity contribution in [1.29, 1.82) is 0 Å². The molecule has 3 aliphatic rings. The fraction of sp³-hybridized carbons (Fsp3) is 0.538. The van der Waals surface area contributed by atoms with Gasteiger partial charge < -0.3 is 15.5 Å². The molecular weight excluding hydrogens is 226 g/mol. The zero-order valence-electron chi connectivity index (χ0n) is 10.4. The Morgan fingerprint density at radius 3 is 3.28 bits per heavy atom. The Labute approximate surface area is 106 Å². The summed E-state index contributed by atoms with van der Waals surface area (Å²) < 4.78 is 0. The highest BCUT2D eigenvalue weighted by atomic mass is 15.3. The van der Waals surface area contributed by atoms with E-state index < -0.39 is 0 Å². The molecule has 1 aromatic rings. The van der Waals surface area contributed by atoms with Crippen LogP contribution in [0.5, 0.6) is 0 Å². The van der Waals surface area contributed by atoms with Crippen molar-refractivity contribution < 1.29 is 0 Å². The summed E-state index contributed by atoms with van der Waals surface area (Å²) in [5, 5.41) is 6.76. The number of aromatic nitrogens is 2. The van der Waals surface area contributed by atoms with Gasteiger partial charge >= 0.3 is 0 Å². The standard InChI is InChI=1S/C13H17N5/c1-8-2-3-15-12-11(8)13(17-7-16-12)18-5-4-14-9-6-10(9)18/h2-3,7-10,14H,4-6H2,1H3,(H,15,16,17)/t8-,9?,10?/m1/s1. The Kier molecular flexibility index (Phi) is 2.11. The first-order valence-corrected chi connectivity index (χ1v) is 6.63. The average Bonchev–Trinajstić information content (AvgIpc) is 3.17. The third-order valence-corrected chi connectivity index (χ3v) is 4.11. The van der Waals surface area contributed by atoms with Crippen LogP contribution in [-0.2, 0) is 0 Å². The van der Waals surface area contributed by atoms with Gasteiger partial charge in [0.25, 0.3) is 0 Å². The summed E-state index contributed by atoms with van der Waals surface area (Å²) in [5.74, 6) is 2.47. The van der Waals surface area contributed by atoms with Gasteiger partial charge in [-0.15, -0.1) is 0 Å². The molecule has 2 unspecified atom stereocenters. The monoisotopic (exact) mass is 243 g/mol. The van der Waals surface area contributed by atoms with E-state index in [4.69, 9.17) is 0 Å². The highest BCUT2D eigenvalue weighted by Gasteiger charge is 2.45. The van der Waals surface area contributed by atoms with Crippen LogP contribution in [0.4, 0.5) is 11.6 Å². The van der Waals surface area contributed by atoms with E-state index in [0.29, 0.717) is 18.0 Å². The molecule has 0 aromatic carbocycles. The van der Waals surface area contributed by atoms with E-state index >= 15 is 0 Å². The first-order valence-electron chi connectivity index (χ1n) is 6.63. The lowest BCUT2D eigenvalue weighted by molar-refractivity contribution is 0.574. The lowest BCUT2D eigenvalue weighted by Gasteiger charge is -2.32. The summed E-state index contributed by atoms with van der Waals surface area (Å²) in [5.41, 5.74) is 1.24. The van der Waals surface area contributed by atoms with Crippen molar-refractivity contribution >= 4 is 11.6 Å². The van der Waals surface area contributed by atoms with Crippen LogP contribution < -0.4 is 15.5 Å². The zero-order chi connectivity index (χ0) is 12.1. The van der Waals surface area contributed by atoms with E-state index in [-0.39, 0.29) is 0 Å². The van der Waals surface area contributed by atoms with Gasteiger partial charge in [0, 0.05) is 36.7 Å². The van der Waals surface area contributed by atoms with Crippen LogP contribution in [0.15, 0.2) is 18.6 Å². The van der Waals surface area contributed by atoms with Crippen LogP contribution in [0.2, 0.25) is 0 Å². The van der Waals surface area contributed by atoms with E-state index in [2.05, 4.69) is 38.5 Å². The SMILES string of the molecule is C[C@@H]1C=CNc2ncnc(N3CCNC4CC43)c21. The molecule has 5 heteroatoms. The topological polar surface area (TPSA) is 53.1 Å². The molecule has 18 heavy (non-hydrogen) atoms. The van der Waals surface area contributed by atoms with Gasteiger partial charge in [-0.1, -0.05) is 13.0 Å². The minimum atomic E-state index is 0.379. The highest BCUT2D eigenvalue weighted by molar-refractivity contribution is 5.65. The van der Waals surface area contributed by atoms with Crippen LogP contribution >= 0.6 is 0 Å². The number of hydrogen-bond donors (Lipinski definition) is 2. The summed E-state index contributed by atoms with van der Waals surface area (Å²) in [6, 6.07) is 1.31. The maximum atomic E-state index is 4.56. The molecular formula is C13H17N5. The molecule has 1 saturated heterocycles. The second-order valence-electron chi connectivity index (χ2n) is 5.31. The maximum Gasteiger partial charge on any atom is 0.139 e. The molecule has 1 saturated carbocycles. The molecule has 0 amide bonds. The lowest BCUT2D eigenvalue weighted by Crippen LogP contribution is -2.44. The van der Waals surface area contributed by atoms with Crippen LogP contribution in [0.3, 0.4) is 0 Å². The van der Waals surface area contributed by atoms with Crippen molar-refractivity contribution in [2.75, 3.05) is 23.3 Å². The van der Waals surface area contributed by atoms with Crippen molar-refractivity contribution in [1.82, 2.24) is 15.3 Å². The number of nitrogens with zero attached hydrogens (tertiary/aromatic N) is 3. The highest BCUT2D eigenvalue weighted by Crippen LogP contribution is 2.40. The number of hydrogen-bond acceptors (Lipinski definition) is 5. The Balaban J connectivity index is 1.77. The fourth-order valence-electron chi connectivity index (χ4n) is 3.06. The van der Waals surface area contributed by atoms with E-state index in [1.54, 1.807) is 6.33 Å². The van der Waals surface area contributed by atoms with Crippen molar-refractivity contribution in [2.45, 2.75) is 31.3 Å². The van der Waals surface area contributed by atoms with Gasteiger partial charge in [-0.2, -0.15) is 0 Å². The predicted octanol–water partition coefficient (Wildman–Crippen LogP) is 1.07. The molecule has 5 nitrogen and oxygen atoms in total. The van der Waals surface area contributed by atoms with Gasteiger partial charge in [-0.05, 0) is 12.6 Å². The van der Waals surface area contributed by atoms with Crippen molar-refractivity contribution in [3.8, 4) is 0 Å². The summed E-state index contributed by atoms with van der Waals surface area (Å²) in [4.78, 5) is 11.4. The fourth-order valence-corrected chi connectivity index (χ4v) is 3.06. The molecule has 94 valence electrons. The quantitative estimate of drug-likeness (QED) is 0.772. The Hall–Kier alpha value is -1.62. The zero-order valence-corrected chi connectivity index (χ0v) is 10.4. The van der Waals surface area contributed by atoms with Gasteiger partial charge in [-0.25, -0.2) is 9.97 Å². The van der Waals surface area contributed by atoms with Crippen LogP contribution in [-0.4, -0.2) is 35.1 Å². The van der Waals surface area contributed by atoms with Crippen molar-refractivity contribution in [3.05, 3.63) is 24.2 Å². The third-order valence-electron chi connectivity index (χ3n) is 4.11. The smallest absolute Gasteiger partial charge is 0.139 e. The number of piperazine rings is 1. The number of nitrogens with one attached hydrogen (secondary N) is 2. The molecule has 3 atom stereocenters. The lowest BCUT2D eigenvalue weighted by atomic mass is 9.99. The summed E-state index contributed by atoms with van der Waals surface area (Å²) >= 11 is 0. The molecule has 2 fully saturated rings. The van der Waals surface area contributed by atoms with Gasteiger partial charge in [-0.3, -0.25) is 0 Å². The van der Waals surface area contributed by atoms with Crippen LogP contribution in [0.25, 0.3) is 0 Å². The number of allylic oxidation sites excluding steroid dienone is 1. The first kappa shape index (κ1) is 10.3. The molecule has 1 aliphatic carbocycles. The Bertz CT molecular complexity index is 512. The predicted molar refractivity (Wildman–Crippen MR) is 70.8 cm³/mol. The molecule has 0 spiro atoms. The molecule has 0 bridgehead atoms. The molecule has 2 aliphatic heterocycles. The number of fused-ring (bicyclic) bond motifs is 2. The third kappa shape index (κ3) is 1.43.